The fourth-order valence-corrected chi connectivity index (χ4v) is 6.96. The Labute approximate surface area is 265 Å². The number of hydrogen-bond donors (Lipinski definition) is 0. The lowest BCUT2D eigenvalue weighted by Crippen LogP contribution is -2.34. The van der Waals surface area contributed by atoms with E-state index in [1.54, 1.807) is 12.5 Å². The molecule has 0 radical (unpaired) electrons. The minimum atomic E-state index is -0.100. The molecule has 0 saturated carbocycles. The lowest BCUT2D eigenvalue weighted by molar-refractivity contribution is -0.124. The summed E-state index contributed by atoms with van der Waals surface area (Å²) in [5, 5.41) is 0. The van der Waals surface area contributed by atoms with Crippen molar-refractivity contribution in [3.8, 4) is 0 Å². The summed E-state index contributed by atoms with van der Waals surface area (Å²) >= 11 is 0. The monoisotopic (exact) mass is 604 g/mol. The SMILES string of the molecule is CCCCCCC(CCCC)CN1C(=O)C2=C(c3ccco3)N(CC(CCCC)CCCCCC)C(=O)C2=C1c1ccco1. The minimum Gasteiger partial charge on any atom is -0.463 e. The zero-order valence-electron chi connectivity index (χ0n) is 27.9. The summed E-state index contributed by atoms with van der Waals surface area (Å²) in [6, 6.07) is 7.45. The van der Waals surface area contributed by atoms with Crippen LogP contribution in [0, 0.1) is 11.8 Å². The average Bonchev–Trinajstić information content (AvgIpc) is 3.83. The number of unbranched alkanes of at least 4 members (excludes halogenated alkanes) is 8. The molecule has 6 nitrogen and oxygen atoms in total. The molecule has 44 heavy (non-hydrogen) atoms. The summed E-state index contributed by atoms with van der Waals surface area (Å²) in [5.41, 5.74) is 2.23. The van der Waals surface area contributed by atoms with Crippen LogP contribution >= 0.6 is 0 Å². The van der Waals surface area contributed by atoms with Gasteiger partial charge < -0.3 is 18.6 Å². The molecule has 0 aliphatic carbocycles. The molecule has 4 rings (SSSR count). The quantitative estimate of drug-likeness (QED) is 0.125. The van der Waals surface area contributed by atoms with Crippen molar-refractivity contribution in [2.24, 2.45) is 11.8 Å². The number of hydrogen-bond acceptors (Lipinski definition) is 4. The Kier molecular flexibility index (Phi) is 13.4. The van der Waals surface area contributed by atoms with Crippen molar-refractivity contribution in [2.75, 3.05) is 13.1 Å². The minimum absolute atomic E-state index is 0.100. The van der Waals surface area contributed by atoms with Gasteiger partial charge in [-0.15, -0.1) is 0 Å². The molecule has 2 aliphatic rings. The van der Waals surface area contributed by atoms with Gasteiger partial charge >= 0.3 is 0 Å². The molecule has 2 amide bonds. The number of carbonyl (C=O) groups excluding carboxylic acids is 2. The number of rotatable bonds is 22. The molecule has 0 N–H and O–H groups in total. The number of nitrogens with zero attached hydrogens (tertiary/aromatic N) is 2. The van der Waals surface area contributed by atoms with Gasteiger partial charge in [-0.2, -0.15) is 0 Å². The predicted molar refractivity (Wildman–Crippen MR) is 178 cm³/mol. The van der Waals surface area contributed by atoms with E-state index in [0.717, 1.165) is 51.4 Å². The fourth-order valence-electron chi connectivity index (χ4n) is 6.96. The summed E-state index contributed by atoms with van der Waals surface area (Å²) in [4.78, 5) is 32.8. The Morgan fingerprint density at radius 2 is 0.932 bits per heavy atom. The molecule has 242 valence electrons. The zero-order chi connectivity index (χ0) is 31.3. The van der Waals surface area contributed by atoms with Gasteiger partial charge in [0.15, 0.2) is 11.5 Å². The van der Waals surface area contributed by atoms with E-state index in [4.69, 9.17) is 8.83 Å². The second-order valence-corrected chi connectivity index (χ2v) is 12.9. The number of amides is 2. The topological polar surface area (TPSA) is 66.9 Å². The third-order valence-corrected chi connectivity index (χ3v) is 9.44. The number of carbonyl (C=O) groups is 2. The average molecular weight is 605 g/mol. The Hall–Kier alpha value is -3.02. The van der Waals surface area contributed by atoms with Crippen LogP contribution < -0.4 is 0 Å². The molecule has 2 aliphatic heterocycles. The highest BCUT2D eigenvalue weighted by atomic mass is 16.3. The van der Waals surface area contributed by atoms with E-state index < -0.39 is 0 Å². The standard InChI is InChI=1S/C38H56N2O4/c1-5-9-13-15-21-29(19-11-7-3)27-39-35(31-23-17-25-43-31)33-34(37(39)41)36(32-24-18-26-44-32)40(38(33)42)28-30(20-12-8-4)22-16-14-10-6-2/h17-18,23-26,29-30H,5-16,19-22,27-28H2,1-4H3. The lowest BCUT2D eigenvalue weighted by Gasteiger charge is -2.29. The predicted octanol–water partition coefficient (Wildman–Crippen LogP) is 10.2. The summed E-state index contributed by atoms with van der Waals surface area (Å²) < 4.78 is 11.9. The van der Waals surface area contributed by atoms with Gasteiger partial charge in [0.25, 0.3) is 11.8 Å². The van der Waals surface area contributed by atoms with Crippen molar-refractivity contribution < 1.29 is 18.4 Å². The van der Waals surface area contributed by atoms with Crippen LogP contribution in [-0.2, 0) is 9.59 Å². The second-order valence-electron chi connectivity index (χ2n) is 12.9. The molecule has 2 aromatic heterocycles. The van der Waals surface area contributed by atoms with E-state index in [0.29, 0.717) is 59.0 Å². The van der Waals surface area contributed by atoms with Crippen molar-refractivity contribution in [1.82, 2.24) is 9.80 Å². The Bertz CT molecular complexity index is 1130. The van der Waals surface area contributed by atoms with Crippen LogP contribution in [0.4, 0.5) is 0 Å². The van der Waals surface area contributed by atoms with Crippen molar-refractivity contribution >= 4 is 23.2 Å². The van der Waals surface area contributed by atoms with Crippen molar-refractivity contribution in [3.05, 3.63) is 59.5 Å². The third-order valence-electron chi connectivity index (χ3n) is 9.44. The molecule has 0 bridgehead atoms. The fraction of sp³-hybridized carbons (Fsp3) is 0.632. The molecule has 2 unspecified atom stereocenters. The first-order chi connectivity index (χ1) is 21.5. The highest BCUT2D eigenvalue weighted by Gasteiger charge is 2.50. The molecule has 0 aromatic carbocycles. The molecule has 0 saturated heterocycles. The van der Waals surface area contributed by atoms with Gasteiger partial charge in [0.1, 0.15) is 11.4 Å². The first-order valence-corrected chi connectivity index (χ1v) is 17.8. The van der Waals surface area contributed by atoms with Crippen LogP contribution in [-0.4, -0.2) is 34.7 Å². The van der Waals surface area contributed by atoms with Gasteiger partial charge in [-0.3, -0.25) is 9.59 Å². The smallest absolute Gasteiger partial charge is 0.261 e. The molecular weight excluding hydrogens is 548 g/mol. The van der Waals surface area contributed by atoms with E-state index >= 15 is 0 Å². The molecule has 0 fully saturated rings. The van der Waals surface area contributed by atoms with E-state index in [1.165, 1.54) is 51.4 Å². The van der Waals surface area contributed by atoms with Gasteiger partial charge in [0, 0.05) is 13.1 Å². The second kappa shape index (κ2) is 17.5. The van der Waals surface area contributed by atoms with Crippen molar-refractivity contribution in [1.29, 1.82) is 0 Å². The van der Waals surface area contributed by atoms with Gasteiger partial charge in [-0.1, -0.05) is 105 Å². The van der Waals surface area contributed by atoms with Gasteiger partial charge in [0.05, 0.1) is 23.7 Å². The molecule has 0 spiro atoms. The summed E-state index contributed by atoms with van der Waals surface area (Å²) in [5.74, 6) is 1.72. The maximum Gasteiger partial charge on any atom is 0.261 e. The Balaban J connectivity index is 1.71. The van der Waals surface area contributed by atoms with E-state index in [9.17, 15) is 9.59 Å². The van der Waals surface area contributed by atoms with E-state index in [2.05, 4.69) is 27.7 Å². The Morgan fingerprint density at radius 1 is 0.545 bits per heavy atom. The van der Waals surface area contributed by atoms with E-state index in [-0.39, 0.29) is 11.8 Å². The van der Waals surface area contributed by atoms with Gasteiger partial charge in [-0.05, 0) is 61.8 Å². The third kappa shape index (κ3) is 8.17. The van der Waals surface area contributed by atoms with Crippen LogP contribution in [0.1, 0.15) is 142 Å². The lowest BCUT2D eigenvalue weighted by atomic mass is 9.94. The van der Waals surface area contributed by atoms with Gasteiger partial charge in [0.2, 0.25) is 0 Å². The van der Waals surface area contributed by atoms with Crippen LogP contribution in [0.3, 0.4) is 0 Å². The maximum absolute atomic E-state index is 14.5. The Morgan fingerprint density at radius 3 is 1.27 bits per heavy atom. The molecule has 2 atom stereocenters. The highest BCUT2D eigenvalue weighted by Crippen LogP contribution is 2.47. The largest absolute Gasteiger partial charge is 0.463 e. The van der Waals surface area contributed by atoms with E-state index in [1.807, 2.05) is 34.1 Å². The first-order valence-electron chi connectivity index (χ1n) is 17.8. The summed E-state index contributed by atoms with van der Waals surface area (Å²) in [6.07, 6.45) is 21.8. The molecular formula is C38H56N2O4. The maximum atomic E-state index is 14.5. The molecule has 2 aromatic rings. The summed E-state index contributed by atoms with van der Waals surface area (Å²) in [7, 11) is 0. The number of furan rings is 2. The summed E-state index contributed by atoms with van der Waals surface area (Å²) in [6.45, 7) is 10.1. The van der Waals surface area contributed by atoms with Crippen molar-refractivity contribution in [2.45, 2.75) is 130 Å². The molecule has 4 heterocycles. The number of fused-ring (bicyclic) bond motifs is 1. The van der Waals surface area contributed by atoms with Crippen LogP contribution in [0.2, 0.25) is 0 Å². The van der Waals surface area contributed by atoms with Crippen LogP contribution in [0.5, 0.6) is 0 Å². The van der Waals surface area contributed by atoms with Gasteiger partial charge in [-0.25, -0.2) is 0 Å². The van der Waals surface area contributed by atoms with Crippen LogP contribution in [0.15, 0.2) is 56.8 Å². The highest BCUT2D eigenvalue weighted by molar-refractivity contribution is 6.29. The van der Waals surface area contributed by atoms with Crippen molar-refractivity contribution in [3.63, 3.8) is 0 Å². The van der Waals surface area contributed by atoms with Crippen LogP contribution in [0.25, 0.3) is 11.4 Å². The normalized spacial score (nSPS) is 16.5. The molecule has 6 heteroatoms. The first kappa shape index (κ1) is 33.9. The zero-order valence-corrected chi connectivity index (χ0v) is 27.9.